The van der Waals surface area contributed by atoms with Gasteiger partial charge in [-0.05, 0) is 46.8 Å². The maximum absolute atomic E-state index is 6.29. The predicted octanol–water partition coefficient (Wildman–Crippen LogP) is 3.53. The number of nitrogens with two attached hydrogens (primary N) is 1. The van der Waals surface area contributed by atoms with Crippen molar-refractivity contribution in [3.05, 3.63) is 33.0 Å². The first-order valence-electron chi connectivity index (χ1n) is 6.08. The molecule has 0 aliphatic heterocycles. The van der Waals surface area contributed by atoms with Crippen molar-refractivity contribution < 1.29 is 0 Å². The summed E-state index contributed by atoms with van der Waals surface area (Å²) in [4.78, 5) is 1.14. The molecule has 0 saturated heterocycles. The van der Waals surface area contributed by atoms with Gasteiger partial charge >= 0.3 is 0 Å². The minimum atomic E-state index is 0.0162. The van der Waals surface area contributed by atoms with Crippen molar-refractivity contribution in [3.8, 4) is 0 Å². The zero-order chi connectivity index (χ0) is 13.2. The molecule has 0 spiro atoms. The maximum atomic E-state index is 6.29. The standard InChI is InChI=1S/C13H19N3S2/c1-13(2,3)12-11(18-16-15-12)10(14)5-4-9-6-7-17-8-9/h6-8,10H,4-5,14H2,1-3H3. The van der Waals surface area contributed by atoms with Crippen LogP contribution in [0.4, 0.5) is 0 Å². The van der Waals surface area contributed by atoms with Gasteiger partial charge in [0.05, 0.1) is 10.6 Å². The van der Waals surface area contributed by atoms with Crippen molar-refractivity contribution in [2.45, 2.75) is 45.1 Å². The second-order valence-electron chi connectivity index (χ2n) is 5.51. The molecule has 0 radical (unpaired) electrons. The SMILES string of the molecule is CC(C)(C)c1nnsc1C(N)CCc1ccsc1. The fourth-order valence-corrected chi connectivity index (χ4v) is 3.45. The van der Waals surface area contributed by atoms with E-state index in [2.05, 4.69) is 47.2 Å². The Kier molecular flexibility index (Phi) is 4.14. The quantitative estimate of drug-likeness (QED) is 0.932. The molecule has 0 aliphatic rings. The van der Waals surface area contributed by atoms with E-state index in [1.165, 1.54) is 17.1 Å². The minimum absolute atomic E-state index is 0.0162. The van der Waals surface area contributed by atoms with Gasteiger partial charge in [-0.15, -0.1) is 5.10 Å². The molecular formula is C13H19N3S2. The summed E-state index contributed by atoms with van der Waals surface area (Å²) < 4.78 is 4.07. The monoisotopic (exact) mass is 281 g/mol. The summed E-state index contributed by atoms with van der Waals surface area (Å²) in [5.41, 5.74) is 8.72. The molecule has 2 heterocycles. The molecule has 2 aromatic heterocycles. The Labute approximate surface area is 116 Å². The Morgan fingerprint density at radius 2 is 2.17 bits per heavy atom. The summed E-state index contributed by atoms with van der Waals surface area (Å²) in [5.74, 6) is 0. The number of thiophene rings is 1. The highest BCUT2D eigenvalue weighted by molar-refractivity contribution is 7.08. The molecular weight excluding hydrogens is 262 g/mol. The summed E-state index contributed by atoms with van der Waals surface area (Å²) in [6.45, 7) is 6.45. The Hall–Kier alpha value is -0.780. The number of hydrogen-bond donors (Lipinski definition) is 1. The van der Waals surface area contributed by atoms with Crippen LogP contribution in [-0.2, 0) is 11.8 Å². The fourth-order valence-electron chi connectivity index (χ4n) is 1.85. The highest BCUT2D eigenvalue weighted by Crippen LogP contribution is 2.31. The van der Waals surface area contributed by atoms with E-state index in [0.29, 0.717) is 0 Å². The lowest BCUT2D eigenvalue weighted by atomic mass is 9.89. The molecule has 1 unspecified atom stereocenters. The van der Waals surface area contributed by atoms with Crippen LogP contribution in [0.15, 0.2) is 16.8 Å². The lowest BCUT2D eigenvalue weighted by Gasteiger charge is -2.19. The Morgan fingerprint density at radius 3 is 2.78 bits per heavy atom. The molecule has 2 rings (SSSR count). The Morgan fingerprint density at radius 1 is 1.39 bits per heavy atom. The molecule has 2 N–H and O–H groups in total. The number of aryl methyl sites for hydroxylation is 1. The van der Waals surface area contributed by atoms with E-state index in [4.69, 9.17) is 5.73 Å². The van der Waals surface area contributed by atoms with Gasteiger partial charge in [-0.3, -0.25) is 0 Å². The molecule has 0 fully saturated rings. The van der Waals surface area contributed by atoms with Gasteiger partial charge in [-0.2, -0.15) is 11.3 Å². The van der Waals surface area contributed by atoms with E-state index in [1.54, 1.807) is 11.3 Å². The van der Waals surface area contributed by atoms with Gasteiger partial charge in [0, 0.05) is 11.5 Å². The Bertz CT molecular complexity index is 483. The number of nitrogens with zero attached hydrogens (tertiary/aromatic N) is 2. The third-order valence-corrected chi connectivity index (χ3v) is 4.47. The third-order valence-electron chi connectivity index (χ3n) is 2.88. The van der Waals surface area contributed by atoms with Crippen LogP contribution in [0.1, 0.15) is 49.4 Å². The van der Waals surface area contributed by atoms with E-state index in [9.17, 15) is 0 Å². The van der Waals surface area contributed by atoms with Crippen molar-refractivity contribution in [3.63, 3.8) is 0 Å². The molecule has 0 saturated carbocycles. The zero-order valence-electron chi connectivity index (χ0n) is 11.0. The summed E-state index contributed by atoms with van der Waals surface area (Å²) in [6, 6.07) is 2.20. The van der Waals surface area contributed by atoms with Gasteiger partial charge in [0.15, 0.2) is 0 Å². The highest BCUT2D eigenvalue weighted by Gasteiger charge is 2.25. The van der Waals surface area contributed by atoms with Gasteiger partial charge < -0.3 is 5.73 Å². The van der Waals surface area contributed by atoms with Crippen molar-refractivity contribution in [1.29, 1.82) is 0 Å². The van der Waals surface area contributed by atoms with E-state index in [1.807, 2.05) is 0 Å². The van der Waals surface area contributed by atoms with Gasteiger partial charge in [-0.1, -0.05) is 25.3 Å². The minimum Gasteiger partial charge on any atom is -0.323 e. The number of hydrogen-bond acceptors (Lipinski definition) is 5. The van der Waals surface area contributed by atoms with Crippen LogP contribution in [0.5, 0.6) is 0 Å². The molecule has 1 atom stereocenters. The Balaban J connectivity index is 2.05. The average molecular weight is 281 g/mol. The first-order chi connectivity index (χ1) is 8.48. The molecule has 3 nitrogen and oxygen atoms in total. The van der Waals surface area contributed by atoms with E-state index in [-0.39, 0.29) is 11.5 Å². The molecule has 2 aromatic rings. The van der Waals surface area contributed by atoms with Gasteiger partial charge in [-0.25, -0.2) is 0 Å². The molecule has 0 amide bonds. The fraction of sp³-hybridized carbons (Fsp3) is 0.538. The van der Waals surface area contributed by atoms with Crippen LogP contribution in [0.25, 0.3) is 0 Å². The molecule has 0 bridgehead atoms. The van der Waals surface area contributed by atoms with Crippen LogP contribution in [0.2, 0.25) is 0 Å². The van der Waals surface area contributed by atoms with Crippen molar-refractivity contribution in [2.75, 3.05) is 0 Å². The molecule has 0 aliphatic carbocycles. The van der Waals surface area contributed by atoms with E-state index in [0.717, 1.165) is 23.4 Å². The summed E-state index contributed by atoms with van der Waals surface area (Å²) in [7, 11) is 0. The van der Waals surface area contributed by atoms with Gasteiger partial charge in [0.2, 0.25) is 0 Å². The topological polar surface area (TPSA) is 51.8 Å². The van der Waals surface area contributed by atoms with Crippen LogP contribution >= 0.6 is 22.9 Å². The summed E-state index contributed by atoms with van der Waals surface area (Å²) in [6.07, 6.45) is 1.97. The maximum Gasteiger partial charge on any atom is 0.0856 e. The lowest BCUT2D eigenvalue weighted by molar-refractivity contribution is 0.545. The smallest absolute Gasteiger partial charge is 0.0856 e. The molecule has 5 heteroatoms. The predicted molar refractivity (Wildman–Crippen MR) is 78.2 cm³/mol. The second kappa shape index (κ2) is 5.47. The highest BCUT2D eigenvalue weighted by atomic mass is 32.1. The largest absolute Gasteiger partial charge is 0.323 e. The van der Waals surface area contributed by atoms with Crippen molar-refractivity contribution >= 4 is 22.9 Å². The van der Waals surface area contributed by atoms with Crippen LogP contribution in [0.3, 0.4) is 0 Å². The first kappa shape index (κ1) is 13.6. The average Bonchev–Trinajstić information content (AvgIpc) is 2.95. The van der Waals surface area contributed by atoms with Crippen molar-refractivity contribution in [1.82, 2.24) is 9.59 Å². The normalized spacial score (nSPS) is 13.8. The molecule has 18 heavy (non-hydrogen) atoms. The number of rotatable bonds is 4. The number of aromatic nitrogens is 2. The van der Waals surface area contributed by atoms with E-state index < -0.39 is 0 Å². The van der Waals surface area contributed by atoms with Gasteiger partial charge in [0.25, 0.3) is 0 Å². The second-order valence-corrected chi connectivity index (χ2v) is 7.08. The molecule has 0 aromatic carbocycles. The van der Waals surface area contributed by atoms with Gasteiger partial charge in [0.1, 0.15) is 0 Å². The molecule has 98 valence electrons. The lowest BCUT2D eigenvalue weighted by Crippen LogP contribution is -2.19. The summed E-state index contributed by atoms with van der Waals surface area (Å²) >= 11 is 3.17. The first-order valence-corrected chi connectivity index (χ1v) is 7.79. The summed E-state index contributed by atoms with van der Waals surface area (Å²) in [5, 5.41) is 8.53. The zero-order valence-corrected chi connectivity index (χ0v) is 12.6. The van der Waals surface area contributed by atoms with E-state index >= 15 is 0 Å². The van der Waals surface area contributed by atoms with Crippen LogP contribution in [0, 0.1) is 0 Å². The third kappa shape index (κ3) is 3.16. The van der Waals surface area contributed by atoms with Crippen LogP contribution in [-0.4, -0.2) is 9.59 Å². The van der Waals surface area contributed by atoms with Crippen LogP contribution < -0.4 is 5.73 Å². The van der Waals surface area contributed by atoms with Crippen molar-refractivity contribution in [2.24, 2.45) is 5.73 Å².